The van der Waals surface area contributed by atoms with Crippen LogP contribution in [0.3, 0.4) is 0 Å². The molecule has 1 aromatic heterocycles. The molecular weight excluding hydrogens is 368 g/mol. The number of rotatable bonds is 6. The maximum Gasteiger partial charge on any atom is 0.158 e. The van der Waals surface area contributed by atoms with E-state index in [1.165, 1.54) is 32.5 Å². The summed E-state index contributed by atoms with van der Waals surface area (Å²) < 4.78 is 16.3. The van der Waals surface area contributed by atoms with Gasteiger partial charge in [0.05, 0.1) is 25.5 Å². The second-order valence-corrected chi connectivity index (χ2v) is 7.94. The zero-order chi connectivity index (χ0) is 19.8. The molecule has 0 N–H and O–H groups in total. The molecule has 2 aliphatic rings. The lowest BCUT2D eigenvalue weighted by Gasteiger charge is -2.42. The monoisotopic (exact) mass is 394 g/mol. The van der Waals surface area contributed by atoms with Crippen LogP contribution in [-0.4, -0.2) is 62.2 Å². The van der Waals surface area contributed by atoms with Crippen LogP contribution in [0.5, 0.6) is 11.5 Å². The van der Waals surface area contributed by atoms with E-state index >= 15 is 0 Å². The highest BCUT2D eigenvalue weighted by Gasteiger charge is 2.31. The lowest BCUT2D eigenvalue weighted by Crippen LogP contribution is -2.51. The number of aromatic nitrogens is 2. The van der Waals surface area contributed by atoms with Crippen LogP contribution in [0, 0.1) is 5.92 Å². The van der Waals surface area contributed by atoms with Crippen molar-refractivity contribution in [3.63, 3.8) is 0 Å². The van der Waals surface area contributed by atoms with Crippen molar-refractivity contribution in [2.75, 3.05) is 51.8 Å². The Morgan fingerprint density at radius 2 is 1.76 bits per heavy atom. The molecule has 2 aromatic carbocycles. The van der Waals surface area contributed by atoms with Gasteiger partial charge in [0.25, 0.3) is 0 Å². The average molecular weight is 394 g/mol. The highest BCUT2D eigenvalue weighted by Crippen LogP contribution is 2.42. The Hall–Kier alpha value is -2.80. The van der Waals surface area contributed by atoms with Crippen LogP contribution in [0.4, 0.5) is 5.69 Å². The smallest absolute Gasteiger partial charge is 0.158 e. The van der Waals surface area contributed by atoms with E-state index in [9.17, 15) is 0 Å². The van der Waals surface area contributed by atoms with Crippen LogP contribution in [0.1, 0.15) is 12.8 Å². The fourth-order valence-electron chi connectivity index (χ4n) is 4.61. The topological polar surface area (TPSA) is 63.9 Å². The van der Waals surface area contributed by atoms with Crippen LogP contribution >= 0.6 is 0 Å². The summed E-state index contributed by atoms with van der Waals surface area (Å²) in [5.74, 6) is 2.23. The minimum Gasteiger partial charge on any atom is -0.496 e. The maximum atomic E-state index is 5.61. The van der Waals surface area contributed by atoms with Crippen LogP contribution < -0.4 is 14.4 Å². The zero-order valence-electron chi connectivity index (χ0n) is 16.9. The molecule has 0 saturated carbocycles. The Morgan fingerprint density at radius 1 is 1.03 bits per heavy atom. The van der Waals surface area contributed by atoms with Crippen molar-refractivity contribution < 1.29 is 14.1 Å². The first kappa shape index (κ1) is 18.2. The molecule has 152 valence electrons. The number of hydrogen-bond donors (Lipinski definition) is 0. The maximum absolute atomic E-state index is 5.61. The number of ether oxygens (including phenoxy) is 2. The highest BCUT2D eigenvalue weighted by atomic mass is 16.6. The number of anilines is 1. The standard InChI is InChI=1S/C22H26N4O3/c1-27-19-6-5-7-20(28-2)21(19)16-10-17-22(24-29-23-17)18(11-16)26-13-15(14-26)12-25-8-3-4-9-25/h5-7,10-11,15H,3-4,8-9,12-14H2,1-2H3. The van der Waals surface area contributed by atoms with E-state index in [2.05, 4.69) is 26.2 Å². The molecule has 0 bridgehead atoms. The Morgan fingerprint density at radius 3 is 2.45 bits per heavy atom. The third-order valence-corrected chi connectivity index (χ3v) is 6.07. The molecule has 5 rings (SSSR count). The second-order valence-electron chi connectivity index (χ2n) is 7.94. The van der Waals surface area contributed by atoms with Crippen LogP contribution in [0.2, 0.25) is 0 Å². The lowest BCUT2D eigenvalue weighted by molar-refractivity contribution is 0.247. The minimum atomic E-state index is 0.701. The summed E-state index contributed by atoms with van der Waals surface area (Å²) in [6.07, 6.45) is 2.68. The molecule has 3 heterocycles. The molecule has 7 nitrogen and oxygen atoms in total. The second kappa shape index (κ2) is 7.55. The molecule has 2 fully saturated rings. The molecular formula is C22H26N4O3. The lowest BCUT2D eigenvalue weighted by atomic mass is 9.96. The van der Waals surface area contributed by atoms with Gasteiger partial charge in [-0.1, -0.05) is 6.07 Å². The third-order valence-electron chi connectivity index (χ3n) is 6.07. The van der Waals surface area contributed by atoms with Gasteiger partial charge >= 0.3 is 0 Å². The molecule has 0 spiro atoms. The number of hydrogen-bond acceptors (Lipinski definition) is 7. The fraction of sp³-hybridized carbons (Fsp3) is 0.455. The van der Waals surface area contributed by atoms with E-state index in [0.717, 1.165) is 52.4 Å². The summed E-state index contributed by atoms with van der Waals surface area (Å²) in [5, 5.41) is 8.29. The molecule has 2 aliphatic heterocycles. The van der Waals surface area contributed by atoms with Crippen molar-refractivity contribution in [1.29, 1.82) is 0 Å². The number of likely N-dealkylation sites (tertiary alicyclic amines) is 1. The van der Waals surface area contributed by atoms with E-state index < -0.39 is 0 Å². The summed E-state index contributed by atoms with van der Waals surface area (Å²) in [6, 6.07) is 9.95. The van der Waals surface area contributed by atoms with Gasteiger partial charge in [0.1, 0.15) is 17.0 Å². The van der Waals surface area contributed by atoms with Gasteiger partial charge in [-0.15, -0.1) is 0 Å². The van der Waals surface area contributed by atoms with Gasteiger partial charge in [-0.05, 0) is 66.1 Å². The Balaban J connectivity index is 1.48. The van der Waals surface area contributed by atoms with Gasteiger partial charge in [-0.25, -0.2) is 4.63 Å². The predicted molar refractivity (Wildman–Crippen MR) is 112 cm³/mol. The molecule has 2 saturated heterocycles. The van der Waals surface area contributed by atoms with E-state index in [4.69, 9.17) is 14.1 Å². The molecule has 3 aromatic rings. The van der Waals surface area contributed by atoms with Gasteiger partial charge < -0.3 is 19.3 Å². The summed E-state index contributed by atoms with van der Waals surface area (Å²) in [7, 11) is 3.35. The normalized spacial score (nSPS) is 17.7. The first-order valence-electron chi connectivity index (χ1n) is 10.2. The van der Waals surface area contributed by atoms with Crippen LogP contribution in [-0.2, 0) is 0 Å². The fourth-order valence-corrected chi connectivity index (χ4v) is 4.61. The molecule has 0 atom stereocenters. The van der Waals surface area contributed by atoms with Crippen molar-refractivity contribution in [3.05, 3.63) is 30.3 Å². The van der Waals surface area contributed by atoms with Crippen molar-refractivity contribution >= 4 is 16.7 Å². The van der Waals surface area contributed by atoms with Crippen molar-refractivity contribution in [2.24, 2.45) is 5.92 Å². The highest BCUT2D eigenvalue weighted by molar-refractivity contribution is 5.94. The molecule has 29 heavy (non-hydrogen) atoms. The number of benzene rings is 2. The van der Waals surface area contributed by atoms with E-state index in [0.29, 0.717) is 5.92 Å². The molecule has 0 unspecified atom stereocenters. The van der Waals surface area contributed by atoms with Gasteiger partial charge in [0.15, 0.2) is 5.52 Å². The van der Waals surface area contributed by atoms with Crippen molar-refractivity contribution in [1.82, 2.24) is 15.2 Å². The van der Waals surface area contributed by atoms with Gasteiger partial charge in [0, 0.05) is 25.6 Å². The quantitative estimate of drug-likeness (QED) is 0.635. The Bertz CT molecular complexity index is 984. The minimum absolute atomic E-state index is 0.701. The summed E-state index contributed by atoms with van der Waals surface area (Å²) in [5.41, 5.74) is 4.51. The summed E-state index contributed by atoms with van der Waals surface area (Å²) in [6.45, 7) is 5.75. The van der Waals surface area contributed by atoms with E-state index in [1.807, 2.05) is 24.3 Å². The van der Waals surface area contributed by atoms with Crippen molar-refractivity contribution in [3.8, 4) is 22.6 Å². The van der Waals surface area contributed by atoms with Gasteiger partial charge in [0.2, 0.25) is 0 Å². The summed E-state index contributed by atoms with van der Waals surface area (Å²) >= 11 is 0. The number of nitrogens with zero attached hydrogens (tertiary/aromatic N) is 4. The van der Waals surface area contributed by atoms with Crippen LogP contribution in [0.15, 0.2) is 35.0 Å². The zero-order valence-corrected chi connectivity index (χ0v) is 16.9. The SMILES string of the molecule is COc1cccc(OC)c1-c1cc(N2CC(CN3CCCC3)C2)c2nonc2c1. The Kier molecular flexibility index (Phi) is 4.75. The third kappa shape index (κ3) is 3.29. The van der Waals surface area contributed by atoms with Gasteiger partial charge in [-0.3, -0.25) is 0 Å². The van der Waals surface area contributed by atoms with Crippen LogP contribution in [0.25, 0.3) is 22.2 Å². The molecule has 0 amide bonds. The Labute approximate surface area is 170 Å². The predicted octanol–water partition coefficient (Wildman–Crippen LogP) is 3.44. The average Bonchev–Trinajstić information content (AvgIpc) is 3.40. The first-order chi connectivity index (χ1) is 14.3. The molecule has 7 heteroatoms. The van der Waals surface area contributed by atoms with Crippen molar-refractivity contribution in [2.45, 2.75) is 12.8 Å². The summed E-state index contributed by atoms with van der Waals surface area (Å²) in [4.78, 5) is 4.96. The van der Waals surface area contributed by atoms with E-state index in [1.54, 1.807) is 14.2 Å². The first-order valence-corrected chi connectivity index (χ1v) is 10.2. The van der Waals surface area contributed by atoms with Gasteiger partial charge in [-0.2, -0.15) is 0 Å². The van der Waals surface area contributed by atoms with E-state index in [-0.39, 0.29) is 0 Å². The number of fused-ring (bicyclic) bond motifs is 1. The molecule has 0 aliphatic carbocycles. The largest absolute Gasteiger partial charge is 0.496 e. The number of methoxy groups -OCH3 is 2. The molecule has 0 radical (unpaired) electrons.